The number of fused-ring (bicyclic) bond motifs is 1. The smallest absolute Gasteiger partial charge is 0.338 e. The molecule has 0 aromatic heterocycles. The van der Waals surface area contributed by atoms with Crippen LogP contribution in [0.2, 0.25) is 0 Å². The lowest BCUT2D eigenvalue weighted by Crippen LogP contribution is -2.35. The van der Waals surface area contributed by atoms with Gasteiger partial charge in [0.1, 0.15) is 5.82 Å². The number of imide groups is 1. The SMILES string of the molecule is Cc1ccccc1N1C(=O)c2ccc(C(=O)OCC(=O)N(CCC#N)c3ccc(F)cc3)cc2C1=O. The first-order valence-corrected chi connectivity index (χ1v) is 11.0. The van der Waals surface area contributed by atoms with Crippen molar-refractivity contribution in [2.24, 2.45) is 0 Å². The number of nitrogens with zero attached hydrogens (tertiary/aromatic N) is 3. The number of carbonyl (C=O) groups is 4. The molecule has 1 aliphatic rings. The number of esters is 1. The third kappa shape index (κ3) is 4.70. The van der Waals surface area contributed by atoms with Gasteiger partial charge in [0.25, 0.3) is 17.7 Å². The maximum absolute atomic E-state index is 13.3. The molecule has 0 saturated carbocycles. The first kappa shape index (κ1) is 24.3. The van der Waals surface area contributed by atoms with E-state index >= 15 is 0 Å². The lowest BCUT2D eigenvalue weighted by molar-refractivity contribution is -0.121. The van der Waals surface area contributed by atoms with Crippen LogP contribution in [0.3, 0.4) is 0 Å². The Kier molecular flexibility index (Phi) is 6.88. The van der Waals surface area contributed by atoms with E-state index in [0.29, 0.717) is 11.4 Å². The van der Waals surface area contributed by atoms with Crippen molar-refractivity contribution in [3.8, 4) is 6.07 Å². The summed E-state index contributed by atoms with van der Waals surface area (Å²) in [5.74, 6) is -3.01. The number of aryl methyl sites for hydroxylation is 1. The Morgan fingerprint density at radius 1 is 1.00 bits per heavy atom. The van der Waals surface area contributed by atoms with Crippen LogP contribution in [0.25, 0.3) is 0 Å². The molecule has 36 heavy (non-hydrogen) atoms. The van der Waals surface area contributed by atoms with Crippen molar-refractivity contribution in [1.29, 1.82) is 5.26 Å². The number of nitriles is 1. The Morgan fingerprint density at radius 2 is 1.69 bits per heavy atom. The molecule has 0 radical (unpaired) electrons. The third-order valence-electron chi connectivity index (χ3n) is 5.69. The first-order chi connectivity index (χ1) is 17.3. The Labute approximate surface area is 206 Å². The molecule has 0 spiro atoms. The molecule has 3 aromatic carbocycles. The fourth-order valence-electron chi connectivity index (χ4n) is 3.87. The van der Waals surface area contributed by atoms with Gasteiger partial charge in [0.2, 0.25) is 0 Å². The van der Waals surface area contributed by atoms with Crippen LogP contribution in [0.15, 0.2) is 66.7 Å². The van der Waals surface area contributed by atoms with Crippen LogP contribution in [0.1, 0.15) is 43.1 Å². The van der Waals surface area contributed by atoms with Crippen LogP contribution in [-0.2, 0) is 9.53 Å². The van der Waals surface area contributed by atoms with Gasteiger partial charge in [0.05, 0.1) is 34.9 Å². The van der Waals surface area contributed by atoms with Gasteiger partial charge in [-0.1, -0.05) is 18.2 Å². The highest BCUT2D eigenvalue weighted by Gasteiger charge is 2.37. The Bertz CT molecular complexity index is 1410. The van der Waals surface area contributed by atoms with E-state index in [1.165, 1.54) is 47.4 Å². The Hall–Kier alpha value is -4.84. The zero-order valence-corrected chi connectivity index (χ0v) is 19.2. The van der Waals surface area contributed by atoms with Gasteiger partial charge < -0.3 is 9.64 Å². The minimum atomic E-state index is -0.861. The Balaban J connectivity index is 1.49. The second-order valence-corrected chi connectivity index (χ2v) is 8.00. The molecule has 0 atom stereocenters. The fourth-order valence-corrected chi connectivity index (χ4v) is 3.87. The molecule has 0 fully saturated rings. The summed E-state index contributed by atoms with van der Waals surface area (Å²) in [6.07, 6.45) is 0.0232. The molecule has 1 heterocycles. The molecular weight excluding hydrogens is 465 g/mol. The molecule has 180 valence electrons. The van der Waals surface area contributed by atoms with Crippen molar-refractivity contribution in [3.05, 3.63) is 94.8 Å². The maximum atomic E-state index is 13.3. The summed E-state index contributed by atoms with van der Waals surface area (Å²) in [5, 5.41) is 8.89. The number of hydrogen-bond donors (Lipinski definition) is 0. The molecule has 8 nitrogen and oxygen atoms in total. The average Bonchev–Trinajstić information content (AvgIpc) is 3.13. The van der Waals surface area contributed by atoms with Gasteiger partial charge in [0.15, 0.2) is 6.61 Å². The van der Waals surface area contributed by atoms with E-state index in [4.69, 9.17) is 10.00 Å². The highest BCUT2D eigenvalue weighted by Crippen LogP contribution is 2.31. The summed E-state index contributed by atoms with van der Waals surface area (Å²) in [6.45, 7) is 1.17. The lowest BCUT2D eigenvalue weighted by atomic mass is 10.1. The standard InChI is InChI=1S/C27H20FN3O5/c1-17-5-2-3-6-23(17)31-25(33)21-12-7-18(15-22(21)26(31)34)27(35)36-16-24(32)30(14-4-13-29)20-10-8-19(28)9-11-20/h2-3,5-12,15H,4,14,16H2,1H3. The number of ether oxygens (including phenoxy) is 1. The highest BCUT2D eigenvalue weighted by molar-refractivity contribution is 6.35. The van der Waals surface area contributed by atoms with Gasteiger partial charge in [-0.3, -0.25) is 14.4 Å². The number of benzene rings is 3. The minimum absolute atomic E-state index is 0.000286. The lowest BCUT2D eigenvalue weighted by Gasteiger charge is -2.21. The van der Waals surface area contributed by atoms with Gasteiger partial charge in [-0.15, -0.1) is 0 Å². The number of anilines is 2. The number of rotatable bonds is 7. The van der Waals surface area contributed by atoms with Gasteiger partial charge >= 0.3 is 5.97 Å². The second-order valence-electron chi connectivity index (χ2n) is 8.00. The third-order valence-corrected chi connectivity index (χ3v) is 5.69. The van der Waals surface area contributed by atoms with E-state index in [2.05, 4.69) is 0 Å². The molecule has 0 N–H and O–H groups in total. The molecule has 0 saturated heterocycles. The molecule has 0 unspecified atom stereocenters. The van der Waals surface area contributed by atoms with Crippen molar-refractivity contribution in [1.82, 2.24) is 0 Å². The van der Waals surface area contributed by atoms with Crippen LogP contribution >= 0.6 is 0 Å². The van der Waals surface area contributed by atoms with Crippen molar-refractivity contribution in [2.45, 2.75) is 13.3 Å². The predicted octanol–water partition coefficient (Wildman–Crippen LogP) is 4.04. The van der Waals surface area contributed by atoms with E-state index in [9.17, 15) is 23.6 Å². The predicted molar refractivity (Wildman–Crippen MR) is 128 cm³/mol. The fraction of sp³-hybridized carbons (Fsp3) is 0.148. The molecule has 3 aromatic rings. The van der Waals surface area contributed by atoms with E-state index in [0.717, 1.165) is 10.5 Å². The summed E-state index contributed by atoms with van der Waals surface area (Å²) >= 11 is 0. The Morgan fingerprint density at radius 3 is 2.39 bits per heavy atom. The number of halogens is 1. The van der Waals surface area contributed by atoms with Crippen LogP contribution in [0.5, 0.6) is 0 Å². The molecule has 0 bridgehead atoms. The second kappa shape index (κ2) is 10.2. The van der Waals surface area contributed by atoms with E-state index < -0.39 is 36.1 Å². The van der Waals surface area contributed by atoms with Gasteiger partial charge in [-0.2, -0.15) is 5.26 Å². The normalized spacial score (nSPS) is 12.2. The van der Waals surface area contributed by atoms with Crippen LogP contribution in [0.4, 0.5) is 15.8 Å². The average molecular weight is 485 g/mol. The first-order valence-electron chi connectivity index (χ1n) is 11.0. The number of amides is 3. The summed E-state index contributed by atoms with van der Waals surface area (Å²) in [5.41, 5.74) is 1.77. The van der Waals surface area contributed by atoms with Crippen LogP contribution in [0, 0.1) is 24.1 Å². The van der Waals surface area contributed by atoms with E-state index in [1.54, 1.807) is 31.2 Å². The van der Waals surface area contributed by atoms with Crippen molar-refractivity contribution in [2.75, 3.05) is 23.0 Å². The number of para-hydroxylation sites is 1. The monoisotopic (exact) mass is 485 g/mol. The summed E-state index contributed by atoms with van der Waals surface area (Å²) in [7, 11) is 0. The van der Waals surface area contributed by atoms with E-state index in [1.807, 2.05) is 6.07 Å². The van der Waals surface area contributed by atoms with Crippen molar-refractivity contribution < 1.29 is 28.3 Å². The van der Waals surface area contributed by atoms with Crippen LogP contribution in [-0.4, -0.2) is 36.8 Å². The summed E-state index contributed by atoms with van der Waals surface area (Å²) in [4.78, 5) is 53.5. The van der Waals surface area contributed by atoms with Crippen molar-refractivity contribution >= 4 is 35.1 Å². The highest BCUT2D eigenvalue weighted by atomic mass is 19.1. The topological polar surface area (TPSA) is 108 Å². The zero-order chi connectivity index (χ0) is 25.8. The maximum Gasteiger partial charge on any atom is 0.338 e. The molecule has 9 heteroatoms. The van der Waals surface area contributed by atoms with Crippen LogP contribution < -0.4 is 9.80 Å². The van der Waals surface area contributed by atoms with Crippen molar-refractivity contribution in [3.63, 3.8) is 0 Å². The molecular formula is C27H20FN3O5. The number of hydrogen-bond acceptors (Lipinski definition) is 6. The summed E-state index contributed by atoms with van der Waals surface area (Å²) < 4.78 is 18.4. The van der Waals surface area contributed by atoms with E-state index in [-0.39, 0.29) is 29.7 Å². The molecule has 1 aliphatic heterocycles. The van der Waals surface area contributed by atoms with Gasteiger partial charge in [-0.05, 0) is 61.0 Å². The van der Waals surface area contributed by atoms with Gasteiger partial charge in [-0.25, -0.2) is 14.1 Å². The zero-order valence-electron chi connectivity index (χ0n) is 19.2. The molecule has 4 rings (SSSR count). The minimum Gasteiger partial charge on any atom is -0.452 e. The summed E-state index contributed by atoms with van der Waals surface area (Å²) in [6, 6.07) is 18.0. The number of carbonyl (C=O) groups excluding carboxylic acids is 4. The molecule has 3 amide bonds. The molecule has 0 aliphatic carbocycles. The quantitative estimate of drug-likeness (QED) is 0.369. The van der Waals surface area contributed by atoms with Gasteiger partial charge in [0, 0.05) is 12.2 Å². The largest absolute Gasteiger partial charge is 0.452 e.